The molecule has 6 nitrogen and oxygen atoms in total. The van der Waals surface area contributed by atoms with E-state index in [1.807, 2.05) is 0 Å². The average molecular weight is 779 g/mol. The van der Waals surface area contributed by atoms with Crippen molar-refractivity contribution in [1.82, 2.24) is 0 Å². The van der Waals surface area contributed by atoms with Crippen LogP contribution in [0.3, 0.4) is 0 Å². The van der Waals surface area contributed by atoms with Gasteiger partial charge in [-0.25, -0.2) is 0 Å². The lowest BCUT2D eigenvalue weighted by molar-refractivity contribution is -0.167. The van der Waals surface area contributed by atoms with Gasteiger partial charge in [-0.1, -0.05) is 221 Å². The minimum absolute atomic E-state index is 0.0661. The molecule has 0 fully saturated rings. The summed E-state index contributed by atoms with van der Waals surface area (Å²) in [4.78, 5) is 37.8. The van der Waals surface area contributed by atoms with Crippen LogP contribution in [0.15, 0.2) is 0 Å². The molecule has 2 atom stereocenters. The van der Waals surface area contributed by atoms with Crippen LogP contribution in [0.4, 0.5) is 0 Å². The minimum atomic E-state index is -0.762. The van der Waals surface area contributed by atoms with Crippen LogP contribution in [0.2, 0.25) is 0 Å². The average Bonchev–Trinajstić information content (AvgIpc) is 3.15. The molecule has 0 aliphatic heterocycles. The molecule has 0 amide bonds. The molecule has 1 unspecified atom stereocenters. The normalized spacial score (nSPS) is 12.7. The van der Waals surface area contributed by atoms with Crippen molar-refractivity contribution >= 4 is 17.9 Å². The van der Waals surface area contributed by atoms with Crippen LogP contribution < -0.4 is 0 Å². The number of ether oxygens (including phenoxy) is 3. The maximum Gasteiger partial charge on any atom is 0.306 e. The summed E-state index contributed by atoms with van der Waals surface area (Å²) in [5.41, 5.74) is 0. The summed E-state index contributed by atoms with van der Waals surface area (Å²) in [7, 11) is 0. The van der Waals surface area contributed by atoms with Gasteiger partial charge < -0.3 is 14.2 Å². The number of carbonyl (C=O) groups excluding carboxylic acids is 3. The zero-order chi connectivity index (χ0) is 40.6. The third-order valence-electron chi connectivity index (χ3n) is 11.3. The first-order chi connectivity index (χ1) is 26.6. The third kappa shape index (κ3) is 41.9. The Bertz CT molecular complexity index is 854. The van der Waals surface area contributed by atoms with Gasteiger partial charge in [0.05, 0.1) is 0 Å². The quantitative estimate of drug-likeness (QED) is 0.0349. The summed E-state index contributed by atoms with van der Waals surface area (Å²) in [5.74, 6) is 1.60. The highest BCUT2D eigenvalue weighted by molar-refractivity contribution is 5.71. The summed E-state index contributed by atoms with van der Waals surface area (Å²) in [6, 6.07) is 0. The smallest absolute Gasteiger partial charge is 0.306 e. The molecule has 0 aliphatic carbocycles. The SMILES string of the molecule is CCC(C)CCCCCCCCCCCCC(=O)O[C@H](COC(=O)CCCCCCCCCCCCCC(C)C)COC(=O)CCCCCCCCC(C)C. The Morgan fingerprint density at radius 3 is 0.945 bits per heavy atom. The molecule has 6 heteroatoms. The van der Waals surface area contributed by atoms with Crippen molar-refractivity contribution in [2.75, 3.05) is 13.2 Å². The van der Waals surface area contributed by atoms with Gasteiger partial charge in [-0.3, -0.25) is 14.4 Å². The van der Waals surface area contributed by atoms with E-state index in [0.717, 1.165) is 75.5 Å². The standard InChI is InChI=1S/C49H94O6/c1-7-45(6)37-31-25-18-14-11-12-16-20-28-34-40-49(52)55-46(42-54-48(51)39-33-27-22-21-24-30-36-44(4)5)41-53-47(50)38-32-26-19-15-10-8-9-13-17-23-29-35-43(2)3/h43-46H,7-42H2,1-6H3/t45?,46-/m1/s1. The van der Waals surface area contributed by atoms with Crippen molar-refractivity contribution in [3.8, 4) is 0 Å². The second-order valence-corrected chi connectivity index (χ2v) is 17.9. The van der Waals surface area contributed by atoms with Gasteiger partial charge in [0.2, 0.25) is 0 Å². The predicted molar refractivity (Wildman–Crippen MR) is 233 cm³/mol. The highest BCUT2D eigenvalue weighted by atomic mass is 16.6. The molecule has 0 bridgehead atoms. The number of hydrogen-bond acceptors (Lipinski definition) is 6. The van der Waals surface area contributed by atoms with Crippen LogP contribution >= 0.6 is 0 Å². The lowest BCUT2D eigenvalue weighted by Gasteiger charge is -2.18. The number of carbonyl (C=O) groups is 3. The highest BCUT2D eigenvalue weighted by Crippen LogP contribution is 2.17. The Balaban J connectivity index is 4.32. The minimum Gasteiger partial charge on any atom is -0.462 e. The molecular weight excluding hydrogens is 685 g/mol. The molecule has 0 radical (unpaired) electrons. The second kappa shape index (κ2) is 40.6. The molecule has 0 saturated carbocycles. The predicted octanol–water partition coefficient (Wildman–Crippen LogP) is 15.2. The van der Waals surface area contributed by atoms with Crippen LogP contribution in [-0.2, 0) is 28.6 Å². The van der Waals surface area contributed by atoms with E-state index >= 15 is 0 Å². The monoisotopic (exact) mass is 779 g/mol. The van der Waals surface area contributed by atoms with Crippen LogP contribution in [0, 0.1) is 17.8 Å². The maximum atomic E-state index is 12.7. The summed E-state index contributed by atoms with van der Waals surface area (Å²) in [6.45, 7) is 13.6. The van der Waals surface area contributed by atoms with E-state index in [2.05, 4.69) is 41.5 Å². The summed E-state index contributed by atoms with van der Waals surface area (Å²) >= 11 is 0. The second-order valence-electron chi connectivity index (χ2n) is 17.9. The topological polar surface area (TPSA) is 78.9 Å². The van der Waals surface area contributed by atoms with Crippen LogP contribution in [0.5, 0.6) is 0 Å². The fraction of sp³-hybridized carbons (Fsp3) is 0.939. The van der Waals surface area contributed by atoms with Gasteiger partial charge in [-0.15, -0.1) is 0 Å². The number of esters is 3. The molecule has 55 heavy (non-hydrogen) atoms. The van der Waals surface area contributed by atoms with Gasteiger partial charge in [0.15, 0.2) is 6.10 Å². The van der Waals surface area contributed by atoms with Crippen molar-refractivity contribution in [2.24, 2.45) is 17.8 Å². The Labute approximate surface area is 342 Å². The fourth-order valence-corrected chi connectivity index (χ4v) is 7.20. The van der Waals surface area contributed by atoms with Crippen molar-refractivity contribution < 1.29 is 28.6 Å². The number of rotatable bonds is 42. The van der Waals surface area contributed by atoms with Gasteiger partial charge in [-0.2, -0.15) is 0 Å². The fourth-order valence-electron chi connectivity index (χ4n) is 7.20. The largest absolute Gasteiger partial charge is 0.462 e. The molecular formula is C49H94O6. The Hall–Kier alpha value is -1.59. The zero-order valence-electron chi connectivity index (χ0n) is 37.7. The molecule has 0 aliphatic rings. The van der Waals surface area contributed by atoms with E-state index in [4.69, 9.17) is 14.2 Å². The molecule has 0 saturated heterocycles. The van der Waals surface area contributed by atoms with Crippen LogP contribution in [0.25, 0.3) is 0 Å². The van der Waals surface area contributed by atoms with Gasteiger partial charge in [0.25, 0.3) is 0 Å². The van der Waals surface area contributed by atoms with Crippen LogP contribution in [-0.4, -0.2) is 37.2 Å². The van der Waals surface area contributed by atoms with E-state index < -0.39 is 6.10 Å². The Kier molecular flexibility index (Phi) is 39.4. The van der Waals surface area contributed by atoms with Crippen molar-refractivity contribution in [3.63, 3.8) is 0 Å². The van der Waals surface area contributed by atoms with E-state index in [9.17, 15) is 14.4 Å². The van der Waals surface area contributed by atoms with Crippen molar-refractivity contribution in [2.45, 2.75) is 266 Å². The van der Waals surface area contributed by atoms with Gasteiger partial charge >= 0.3 is 17.9 Å². The third-order valence-corrected chi connectivity index (χ3v) is 11.3. The molecule has 0 spiro atoms. The summed E-state index contributed by atoms with van der Waals surface area (Å²) in [6.07, 6.45) is 38.1. The molecule has 0 aromatic carbocycles. The zero-order valence-corrected chi connectivity index (χ0v) is 37.7. The lowest BCUT2D eigenvalue weighted by Crippen LogP contribution is -2.30. The summed E-state index contributed by atoms with van der Waals surface area (Å²) < 4.78 is 16.7. The number of unbranched alkanes of at least 4 members (excludes halogenated alkanes) is 24. The van der Waals surface area contributed by atoms with E-state index in [0.29, 0.717) is 19.3 Å². The first-order valence-electron chi connectivity index (χ1n) is 24.1. The van der Waals surface area contributed by atoms with Gasteiger partial charge in [-0.05, 0) is 37.0 Å². The molecule has 326 valence electrons. The lowest BCUT2D eigenvalue weighted by atomic mass is 9.99. The molecule has 0 rings (SSSR count). The van der Waals surface area contributed by atoms with E-state index in [1.54, 1.807) is 0 Å². The van der Waals surface area contributed by atoms with Crippen LogP contribution in [0.1, 0.15) is 260 Å². The number of hydrogen-bond donors (Lipinski definition) is 0. The van der Waals surface area contributed by atoms with Gasteiger partial charge in [0, 0.05) is 19.3 Å². The Morgan fingerprint density at radius 1 is 0.364 bits per heavy atom. The summed E-state index contributed by atoms with van der Waals surface area (Å²) in [5, 5.41) is 0. The first-order valence-corrected chi connectivity index (χ1v) is 24.1. The van der Waals surface area contributed by atoms with E-state index in [1.165, 1.54) is 141 Å². The molecule has 0 aromatic rings. The Morgan fingerprint density at radius 2 is 0.636 bits per heavy atom. The van der Waals surface area contributed by atoms with Gasteiger partial charge in [0.1, 0.15) is 13.2 Å². The molecule has 0 aromatic heterocycles. The van der Waals surface area contributed by atoms with E-state index in [-0.39, 0.29) is 31.1 Å². The maximum absolute atomic E-state index is 12.7. The molecule has 0 N–H and O–H groups in total. The van der Waals surface area contributed by atoms with Crippen molar-refractivity contribution in [1.29, 1.82) is 0 Å². The van der Waals surface area contributed by atoms with Crippen molar-refractivity contribution in [3.05, 3.63) is 0 Å². The molecule has 0 heterocycles. The first kappa shape index (κ1) is 53.4. The highest BCUT2D eigenvalue weighted by Gasteiger charge is 2.19.